The van der Waals surface area contributed by atoms with E-state index in [2.05, 4.69) is 30.3 Å². The van der Waals surface area contributed by atoms with Gasteiger partial charge in [0, 0.05) is 6.04 Å². The van der Waals surface area contributed by atoms with Crippen molar-refractivity contribution in [2.75, 3.05) is 5.73 Å². The smallest absolute Gasteiger partial charge is 0.201 e. The lowest BCUT2D eigenvalue weighted by Crippen LogP contribution is -2.13. The number of hydrogen-bond donors (Lipinski definition) is 1. The fraction of sp³-hybridized carbons (Fsp3) is 0.533. The summed E-state index contributed by atoms with van der Waals surface area (Å²) in [6.45, 7) is 10.6. The van der Waals surface area contributed by atoms with Gasteiger partial charge in [0.25, 0.3) is 0 Å². The van der Waals surface area contributed by atoms with Crippen molar-refractivity contribution in [1.82, 2.24) is 9.55 Å². The van der Waals surface area contributed by atoms with Gasteiger partial charge in [-0.15, -0.1) is 0 Å². The Balaban J connectivity index is 2.59. The number of fused-ring (bicyclic) bond motifs is 1. The normalized spacial score (nSPS) is 13.4. The van der Waals surface area contributed by atoms with Gasteiger partial charge in [-0.3, -0.25) is 0 Å². The van der Waals surface area contributed by atoms with E-state index in [9.17, 15) is 0 Å². The summed E-state index contributed by atoms with van der Waals surface area (Å²) < 4.78 is 7.90. The fourth-order valence-corrected chi connectivity index (χ4v) is 2.18. The number of anilines is 1. The molecule has 0 saturated heterocycles. The van der Waals surface area contributed by atoms with Crippen LogP contribution in [-0.2, 0) is 0 Å². The van der Waals surface area contributed by atoms with Crippen molar-refractivity contribution in [2.45, 2.75) is 46.8 Å². The van der Waals surface area contributed by atoms with E-state index in [4.69, 9.17) is 10.5 Å². The molecule has 0 aliphatic heterocycles. The maximum atomic E-state index is 6.09. The summed E-state index contributed by atoms with van der Waals surface area (Å²) in [5, 5.41) is 0. The Morgan fingerprint density at radius 3 is 2.42 bits per heavy atom. The Bertz CT molecular complexity index is 572. The molecule has 1 atom stereocenters. The minimum absolute atomic E-state index is 0.125. The monoisotopic (exact) mass is 261 g/mol. The second-order valence-corrected chi connectivity index (χ2v) is 5.62. The van der Waals surface area contributed by atoms with Crippen LogP contribution in [0.15, 0.2) is 18.2 Å². The Labute approximate surface area is 114 Å². The quantitative estimate of drug-likeness (QED) is 0.914. The molecular formula is C15H23N3O. The maximum absolute atomic E-state index is 6.09. The summed E-state index contributed by atoms with van der Waals surface area (Å²) in [6.07, 6.45) is 0.125. The molecule has 0 radical (unpaired) electrons. The van der Waals surface area contributed by atoms with Gasteiger partial charge in [0.05, 0.1) is 11.6 Å². The first-order valence-corrected chi connectivity index (χ1v) is 6.85. The van der Waals surface area contributed by atoms with Gasteiger partial charge in [-0.2, -0.15) is 0 Å². The number of hydrogen-bond acceptors (Lipinski definition) is 3. The van der Waals surface area contributed by atoms with Crippen LogP contribution in [0.1, 0.15) is 40.7 Å². The lowest BCUT2D eigenvalue weighted by Gasteiger charge is -2.19. The van der Waals surface area contributed by atoms with Gasteiger partial charge in [0.1, 0.15) is 11.3 Å². The molecule has 1 aromatic heterocycles. The molecule has 0 fully saturated rings. The predicted octanol–water partition coefficient (Wildman–Crippen LogP) is 3.62. The van der Waals surface area contributed by atoms with E-state index in [1.165, 1.54) is 0 Å². The Hall–Kier alpha value is -1.71. The second-order valence-electron chi connectivity index (χ2n) is 5.62. The minimum Gasteiger partial charge on any atom is -0.489 e. The highest BCUT2D eigenvalue weighted by atomic mass is 16.5. The molecule has 2 rings (SSSR count). The van der Waals surface area contributed by atoms with Crippen LogP contribution in [-0.4, -0.2) is 15.7 Å². The van der Waals surface area contributed by atoms with E-state index >= 15 is 0 Å². The first-order valence-electron chi connectivity index (χ1n) is 6.85. The van der Waals surface area contributed by atoms with Gasteiger partial charge >= 0.3 is 0 Å². The SMILES string of the molecule is CC(C)Oc1cccc2c1nc(N)n2C(C)C(C)C. The summed E-state index contributed by atoms with van der Waals surface area (Å²) in [7, 11) is 0. The zero-order valence-electron chi connectivity index (χ0n) is 12.3. The third-order valence-corrected chi connectivity index (χ3v) is 3.45. The second kappa shape index (κ2) is 5.11. The molecule has 4 heteroatoms. The van der Waals surface area contributed by atoms with Crippen LogP contribution in [0.4, 0.5) is 5.95 Å². The number of nitrogens with zero attached hydrogens (tertiary/aromatic N) is 2. The summed E-state index contributed by atoms with van der Waals surface area (Å²) in [5.41, 5.74) is 7.98. The van der Waals surface area contributed by atoms with Crippen molar-refractivity contribution < 1.29 is 4.74 Å². The van der Waals surface area contributed by atoms with E-state index in [1.807, 2.05) is 32.0 Å². The van der Waals surface area contributed by atoms with Crippen molar-refractivity contribution >= 4 is 17.0 Å². The first-order chi connectivity index (χ1) is 8.91. The molecule has 1 aromatic carbocycles. The van der Waals surface area contributed by atoms with E-state index in [0.29, 0.717) is 17.9 Å². The highest BCUT2D eigenvalue weighted by molar-refractivity contribution is 5.84. The van der Waals surface area contributed by atoms with Crippen molar-refractivity contribution in [2.24, 2.45) is 5.92 Å². The highest BCUT2D eigenvalue weighted by Crippen LogP contribution is 2.32. The molecule has 1 unspecified atom stereocenters. The predicted molar refractivity (Wildman–Crippen MR) is 79.5 cm³/mol. The molecule has 0 bridgehead atoms. The molecule has 1 heterocycles. The minimum atomic E-state index is 0.125. The number of nitrogens with two attached hydrogens (primary N) is 1. The molecule has 0 amide bonds. The Kier molecular flexibility index (Phi) is 3.69. The van der Waals surface area contributed by atoms with Crippen LogP contribution >= 0.6 is 0 Å². The Morgan fingerprint density at radius 1 is 1.16 bits per heavy atom. The summed E-state index contributed by atoms with van der Waals surface area (Å²) in [5.74, 6) is 1.85. The first kappa shape index (κ1) is 13.7. The number of imidazole rings is 1. The summed E-state index contributed by atoms with van der Waals surface area (Å²) in [4.78, 5) is 4.49. The number of para-hydroxylation sites is 1. The average molecular weight is 261 g/mol. The third kappa shape index (κ3) is 2.53. The molecule has 19 heavy (non-hydrogen) atoms. The molecule has 0 aliphatic carbocycles. The number of benzene rings is 1. The highest BCUT2D eigenvalue weighted by Gasteiger charge is 2.18. The largest absolute Gasteiger partial charge is 0.489 e. The Morgan fingerprint density at radius 2 is 1.84 bits per heavy atom. The van der Waals surface area contributed by atoms with Gasteiger partial charge in [-0.1, -0.05) is 19.9 Å². The topological polar surface area (TPSA) is 53.1 Å². The van der Waals surface area contributed by atoms with Crippen molar-refractivity contribution in [3.8, 4) is 5.75 Å². The van der Waals surface area contributed by atoms with Gasteiger partial charge in [-0.25, -0.2) is 4.98 Å². The molecular weight excluding hydrogens is 238 g/mol. The van der Waals surface area contributed by atoms with Crippen molar-refractivity contribution in [3.63, 3.8) is 0 Å². The molecule has 0 aliphatic rings. The third-order valence-electron chi connectivity index (χ3n) is 3.45. The van der Waals surface area contributed by atoms with Gasteiger partial charge < -0.3 is 15.0 Å². The molecule has 104 valence electrons. The van der Waals surface area contributed by atoms with Crippen LogP contribution in [0.5, 0.6) is 5.75 Å². The molecule has 2 N–H and O–H groups in total. The van der Waals surface area contributed by atoms with Crippen molar-refractivity contribution in [1.29, 1.82) is 0 Å². The number of rotatable bonds is 4. The van der Waals surface area contributed by atoms with Crippen molar-refractivity contribution in [3.05, 3.63) is 18.2 Å². The molecule has 2 aromatic rings. The zero-order chi connectivity index (χ0) is 14.2. The number of aromatic nitrogens is 2. The van der Waals surface area contributed by atoms with E-state index in [-0.39, 0.29) is 6.10 Å². The lowest BCUT2D eigenvalue weighted by atomic mass is 10.1. The van der Waals surface area contributed by atoms with Crippen LogP contribution in [0.2, 0.25) is 0 Å². The van der Waals surface area contributed by atoms with E-state index in [0.717, 1.165) is 16.8 Å². The van der Waals surface area contributed by atoms with E-state index < -0.39 is 0 Å². The summed E-state index contributed by atoms with van der Waals surface area (Å²) >= 11 is 0. The van der Waals surface area contributed by atoms with Gasteiger partial charge in [0.15, 0.2) is 0 Å². The van der Waals surface area contributed by atoms with Gasteiger partial charge in [-0.05, 0) is 38.8 Å². The molecule has 0 spiro atoms. The van der Waals surface area contributed by atoms with Crippen LogP contribution in [0, 0.1) is 5.92 Å². The maximum Gasteiger partial charge on any atom is 0.201 e. The molecule has 4 nitrogen and oxygen atoms in total. The van der Waals surface area contributed by atoms with Crippen LogP contribution < -0.4 is 10.5 Å². The average Bonchev–Trinajstić information content (AvgIpc) is 2.65. The van der Waals surface area contributed by atoms with Gasteiger partial charge in [0.2, 0.25) is 5.95 Å². The lowest BCUT2D eigenvalue weighted by molar-refractivity contribution is 0.245. The molecule has 0 saturated carbocycles. The standard InChI is InChI=1S/C15H23N3O/c1-9(2)11(5)18-12-7-6-8-13(19-10(3)4)14(12)17-15(18)16/h6-11H,1-5H3,(H2,16,17). The summed E-state index contributed by atoms with van der Waals surface area (Å²) in [6, 6.07) is 6.29. The fourth-order valence-electron chi connectivity index (χ4n) is 2.18. The van der Waals surface area contributed by atoms with E-state index in [1.54, 1.807) is 0 Å². The number of nitrogen functional groups attached to an aromatic ring is 1. The van der Waals surface area contributed by atoms with Crippen LogP contribution in [0.3, 0.4) is 0 Å². The zero-order valence-corrected chi connectivity index (χ0v) is 12.3. The number of ether oxygens (including phenoxy) is 1. The van der Waals surface area contributed by atoms with Crippen LogP contribution in [0.25, 0.3) is 11.0 Å².